The Morgan fingerprint density at radius 3 is 2.56 bits per heavy atom. The Morgan fingerprint density at radius 2 is 1.74 bits per heavy atom. The van der Waals surface area contributed by atoms with Crippen LogP contribution in [0.4, 0.5) is 0 Å². The summed E-state index contributed by atoms with van der Waals surface area (Å²) >= 11 is 0. The molecule has 0 N–H and O–H groups in total. The first-order valence-corrected chi connectivity index (χ1v) is 11.0. The monoisotopic (exact) mass is 385 g/mol. The predicted octanol–water partition coefficient (Wildman–Crippen LogP) is 2.69. The normalized spacial score (nSPS) is 24.7. The first-order chi connectivity index (χ1) is 13.1. The molecule has 2 aromatic rings. The van der Waals surface area contributed by atoms with Crippen LogP contribution in [0.3, 0.4) is 0 Å². The fourth-order valence-electron chi connectivity index (χ4n) is 3.97. The van der Waals surface area contributed by atoms with Crippen molar-refractivity contribution in [3.05, 3.63) is 71.3 Å². The van der Waals surface area contributed by atoms with Gasteiger partial charge in [0, 0.05) is 13.1 Å². The van der Waals surface area contributed by atoms with E-state index in [2.05, 4.69) is 0 Å². The van der Waals surface area contributed by atoms with Gasteiger partial charge in [-0.3, -0.25) is 4.79 Å². The number of carbonyl (C=O) groups excluding carboxylic acids is 1. The van der Waals surface area contributed by atoms with Gasteiger partial charge in [0.1, 0.15) is 0 Å². The SMILES string of the molecule is O=C(C1OCCc2ccccc21)N1CCC(c2ccccc2)S(=O)(=O)CC1. The number of carbonyl (C=O) groups is 1. The first-order valence-electron chi connectivity index (χ1n) is 9.31. The maximum absolute atomic E-state index is 13.1. The molecule has 0 bridgehead atoms. The molecule has 2 unspecified atom stereocenters. The summed E-state index contributed by atoms with van der Waals surface area (Å²) in [6, 6.07) is 17.1. The molecular formula is C21H23NO4S. The van der Waals surface area contributed by atoms with Gasteiger partial charge in [-0.15, -0.1) is 0 Å². The zero-order valence-corrected chi connectivity index (χ0v) is 15.9. The summed E-state index contributed by atoms with van der Waals surface area (Å²) in [5.41, 5.74) is 2.83. The average Bonchev–Trinajstić information content (AvgIpc) is 2.85. The van der Waals surface area contributed by atoms with Crippen LogP contribution >= 0.6 is 0 Å². The number of fused-ring (bicyclic) bond motifs is 1. The van der Waals surface area contributed by atoms with E-state index in [4.69, 9.17) is 4.74 Å². The van der Waals surface area contributed by atoms with Crippen molar-refractivity contribution in [2.45, 2.75) is 24.2 Å². The molecule has 0 saturated carbocycles. The molecule has 0 spiro atoms. The minimum Gasteiger partial charge on any atom is -0.363 e. The van der Waals surface area contributed by atoms with Crippen molar-refractivity contribution in [3.8, 4) is 0 Å². The zero-order chi connectivity index (χ0) is 18.9. The molecule has 1 saturated heterocycles. The van der Waals surface area contributed by atoms with Crippen molar-refractivity contribution < 1.29 is 17.9 Å². The molecule has 1 fully saturated rings. The van der Waals surface area contributed by atoms with Crippen LogP contribution in [-0.2, 0) is 25.8 Å². The van der Waals surface area contributed by atoms with Crippen LogP contribution in [0.1, 0.15) is 34.5 Å². The van der Waals surface area contributed by atoms with Gasteiger partial charge in [0.05, 0.1) is 17.6 Å². The maximum atomic E-state index is 13.1. The molecule has 2 atom stereocenters. The Hall–Kier alpha value is -2.18. The maximum Gasteiger partial charge on any atom is 0.256 e. The number of sulfone groups is 1. The van der Waals surface area contributed by atoms with Crippen LogP contribution in [0.15, 0.2) is 54.6 Å². The van der Waals surface area contributed by atoms with E-state index in [9.17, 15) is 13.2 Å². The summed E-state index contributed by atoms with van der Waals surface area (Å²) in [5.74, 6) is -0.154. The standard InChI is InChI=1S/C21H23NO4S/c23-21(20-18-9-5-4-6-16(18)11-14-26-20)22-12-10-19(27(24,25)15-13-22)17-7-2-1-3-8-17/h1-9,19-20H,10-15H2. The molecule has 0 aromatic heterocycles. The Labute approximate surface area is 159 Å². The van der Waals surface area contributed by atoms with Crippen LogP contribution in [-0.4, -0.2) is 44.7 Å². The van der Waals surface area contributed by atoms with Gasteiger partial charge in [-0.2, -0.15) is 0 Å². The van der Waals surface area contributed by atoms with Gasteiger partial charge in [0.25, 0.3) is 5.91 Å². The number of benzene rings is 2. The molecule has 2 aromatic carbocycles. The lowest BCUT2D eigenvalue weighted by Crippen LogP contribution is -2.39. The number of hydrogen-bond donors (Lipinski definition) is 0. The van der Waals surface area contributed by atoms with Crippen molar-refractivity contribution in [1.29, 1.82) is 0 Å². The molecule has 1 amide bonds. The molecule has 2 aliphatic heterocycles. The Bertz CT molecular complexity index is 926. The van der Waals surface area contributed by atoms with Crippen LogP contribution in [0, 0.1) is 0 Å². The molecule has 5 nitrogen and oxygen atoms in total. The van der Waals surface area contributed by atoms with E-state index in [1.807, 2.05) is 54.6 Å². The molecular weight excluding hydrogens is 362 g/mol. The second-order valence-corrected chi connectivity index (χ2v) is 9.38. The van der Waals surface area contributed by atoms with Crippen molar-refractivity contribution >= 4 is 15.7 Å². The van der Waals surface area contributed by atoms with Crippen LogP contribution < -0.4 is 0 Å². The molecule has 142 valence electrons. The van der Waals surface area contributed by atoms with Crippen molar-refractivity contribution in [2.75, 3.05) is 25.4 Å². The van der Waals surface area contributed by atoms with Gasteiger partial charge in [0.15, 0.2) is 15.9 Å². The van der Waals surface area contributed by atoms with Crippen LogP contribution in [0.2, 0.25) is 0 Å². The molecule has 0 aliphatic carbocycles. The second-order valence-electron chi connectivity index (χ2n) is 7.08. The van der Waals surface area contributed by atoms with Crippen molar-refractivity contribution in [2.24, 2.45) is 0 Å². The van der Waals surface area contributed by atoms with Gasteiger partial charge < -0.3 is 9.64 Å². The number of ether oxygens (including phenoxy) is 1. The quantitative estimate of drug-likeness (QED) is 0.797. The molecule has 2 heterocycles. The third-order valence-corrected chi connectivity index (χ3v) is 7.57. The summed E-state index contributed by atoms with van der Waals surface area (Å²) < 4.78 is 31.3. The first kappa shape index (κ1) is 18.2. The van der Waals surface area contributed by atoms with Gasteiger partial charge in [0.2, 0.25) is 0 Å². The summed E-state index contributed by atoms with van der Waals surface area (Å²) in [6.07, 6.45) is 0.572. The van der Waals surface area contributed by atoms with E-state index in [-0.39, 0.29) is 18.2 Å². The topological polar surface area (TPSA) is 63.7 Å². The Balaban J connectivity index is 1.56. The minimum atomic E-state index is -3.31. The third-order valence-electron chi connectivity index (χ3n) is 5.44. The third kappa shape index (κ3) is 3.64. The lowest BCUT2D eigenvalue weighted by Gasteiger charge is -2.30. The molecule has 27 heavy (non-hydrogen) atoms. The van der Waals surface area contributed by atoms with E-state index >= 15 is 0 Å². The molecule has 2 aliphatic rings. The smallest absolute Gasteiger partial charge is 0.256 e. The predicted molar refractivity (Wildman–Crippen MR) is 103 cm³/mol. The van der Waals surface area contributed by atoms with Gasteiger partial charge >= 0.3 is 0 Å². The fraction of sp³-hybridized carbons (Fsp3) is 0.381. The highest BCUT2D eigenvalue weighted by atomic mass is 32.2. The zero-order valence-electron chi connectivity index (χ0n) is 15.1. The molecule has 4 rings (SSSR count). The van der Waals surface area contributed by atoms with E-state index in [0.29, 0.717) is 19.6 Å². The summed E-state index contributed by atoms with van der Waals surface area (Å²) in [4.78, 5) is 14.8. The second kappa shape index (κ2) is 7.44. The van der Waals surface area contributed by atoms with Crippen LogP contribution in [0.5, 0.6) is 0 Å². The number of nitrogens with zero attached hydrogens (tertiary/aromatic N) is 1. The molecule has 0 radical (unpaired) electrons. The Morgan fingerprint density at radius 1 is 1.00 bits per heavy atom. The van der Waals surface area contributed by atoms with Gasteiger partial charge in [-0.1, -0.05) is 54.6 Å². The largest absolute Gasteiger partial charge is 0.363 e. The van der Waals surface area contributed by atoms with E-state index in [0.717, 1.165) is 23.1 Å². The van der Waals surface area contributed by atoms with Gasteiger partial charge in [-0.05, 0) is 29.5 Å². The van der Waals surface area contributed by atoms with Crippen molar-refractivity contribution in [1.82, 2.24) is 4.90 Å². The number of hydrogen-bond acceptors (Lipinski definition) is 4. The van der Waals surface area contributed by atoms with E-state index < -0.39 is 21.2 Å². The highest BCUT2D eigenvalue weighted by molar-refractivity contribution is 7.91. The summed E-state index contributed by atoms with van der Waals surface area (Å²) in [7, 11) is -3.31. The van der Waals surface area contributed by atoms with E-state index in [1.165, 1.54) is 0 Å². The number of amides is 1. The molecule has 6 heteroatoms. The minimum absolute atomic E-state index is 0.0212. The average molecular weight is 385 g/mol. The number of rotatable bonds is 2. The van der Waals surface area contributed by atoms with Gasteiger partial charge in [-0.25, -0.2) is 8.42 Å². The van der Waals surface area contributed by atoms with Crippen LogP contribution in [0.25, 0.3) is 0 Å². The highest BCUT2D eigenvalue weighted by Crippen LogP contribution is 2.32. The van der Waals surface area contributed by atoms with Crippen molar-refractivity contribution in [3.63, 3.8) is 0 Å². The summed E-state index contributed by atoms with van der Waals surface area (Å²) in [5, 5.41) is -0.559. The van der Waals surface area contributed by atoms with E-state index in [1.54, 1.807) is 4.90 Å². The lowest BCUT2D eigenvalue weighted by atomic mass is 9.96. The highest BCUT2D eigenvalue weighted by Gasteiger charge is 2.36. The fourth-order valence-corrected chi connectivity index (χ4v) is 5.77. The lowest BCUT2D eigenvalue weighted by molar-refractivity contribution is -0.144. The summed E-state index contributed by atoms with van der Waals surface area (Å²) in [6.45, 7) is 1.14. The Kier molecular flexibility index (Phi) is 5.02.